The van der Waals surface area contributed by atoms with Crippen LogP contribution in [0, 0.1) is 11.7 Å². The first-order chi connectivity index (χ1) is 18.1. The summed E-state index contributed by atoms with van der Waals surface area (Å²) in [7, 11) is 1.72. The lowest BCUT2D eigenvalue weighted by Gasteiger charge is -2.70. The van der Waals surface area contributed by atoms with E-state index in [0.29, 0.717) is 19.3 Å². The van der Waals surface area contributed by atoms with Crippen molar-refractivity contribution in [2.75, 3.05) is 13.7 Å². The molecule has 0 radical (unpaired) electrons. The van der Waals surface area contributed by atoms with Crippen LogP contribution >= 0.6 is 11.6 Å². The molecule has 1 aromatic carbocycles. The minimum atomic E-state index is -2.55. The first kappa shape index (κ1) is 27.5. The average Bonchev–Trinajstić information content (AvgIpc) is 3.16. The van der Waals surface area contributed by atoms with Gasteiger partial charge in [0.05, 0.1) is 11.1 Å². The zero-order chi connectivity index (χ0) is 27.1. The third kappa shape index (κ3) is 5.11. The zero-order valence-electron chi connectivity index (χ0n) is 21.6. The molecule has 5 aliphatic rings. The zero-order valence-corrected chi connectivity index (χ0v) is 22.4. The lowest BCUT2D eigenvalue weighted by atomic mass is 9.44. The highest BCUT2D eigenvalue weighted by Gasteiger charge is 2.70. The number of amides is 2. The van der Waals surface area contributed by atoms with Crippen molar-refractivity contribution in [3.05, 3.63) is 29.0 Å². The van der Waals surface area contributed by atoms with Crippen molar-refractivity contribution in [2.24, 2.45) is 5.92 Å². The lowest BCUT2D eigenvalue weighted by molar-refractivity contribution is -0.159. The molecule has 1 saturated heterocycles. The van der Waals surface area contributed by atoms with Crippen LogP contribution in [-0.2, 0) is 9.59 Å². The maximum Gasteiger partial charge on any atom is 0.258 e. The topological polar surface area (TPSA) is 82.7 Å². The summed E-state index contributed by atoms with van der Waals surface area (Å²) < 4.78 is 46.4. The highest BCUT2D eigenvalue weighted by molar-refractivity contribution is 6.30. The molecule has 2 unspecified atom stereocenters. The standard InChI is InChI=1S/C27H36ClF3N4O3/c1-35-27(12-21(34-35)23(30)31,17-7-5-3-2-4-6-8-17)24(37)33-26-14-25(15-26,16-26)32-22(36)13-38-18-9-10-19(28)20(29)11-18/h9-11,17,21,23,34H,2-8,12-16H2,1H3,(H,32,36)(H,33,37). The third-order valence-electron chi connectivity index (χ3n) is 9.04. The van der Waals surface area contributed by atoms with E-state index in [4.69, 9.17) is 16.3 Å². The molecule has 0 aromatic heterocycles. The molecule has 5 fully saturated rings. The second kappa shape index (κ2) is 10.5. The molecule has 6 rings (SSSR count). The summed E-state index contributed by atoms with van der Waals surface area (Å²) in [4.78, 5) is 26.4. The molecule has 2 atom stereocenters. The number of ether oxygens (including phenoxy) is 1. The highest BCUT2D eigenvalue weighted by Crippen LogP contribution is 2.60. The predicted octanol–water partition coefficient (Wildman–Crippen LogP) is 4.34. The fraction of sp³-hybridized carbons (Fsp3) is 0.704. The monoisotopic (exact) mass is 556 g/mol. The Morgan fingerprint density at radius 2 is 1.74 bits per heavy atom. The molecule has 1 aromatic rings. The van der Waals surface area contributed by atoms with Crippen molar-refractivity contribution < 1.29 is 27.5 Å². The number of carbonyl (C=O) groups excluding carboxylic acids is 2. The second-order valence-electron chi connectivity index (χ2n) is 11.8. The second-order valence-corrected chi connectivity index (χ2v) is 12.2. The summed E-state index contributed by atoms with van der Waals surface area (Å²) in [5, 5.41) is 7.85. The number of hydrogen-bond acceptors (Lipinski definition) is 5. The molecule has 38 heavy (non-hydrogen) atoms. The van der Waals surface area contributed by atoms with Crippen LogP contribution in [0.4, 0.5) is 13.2 Å². The molecule has 3 N–H and O–H groups in total. The van der Waals surface area contributed by atoms with Gasteiger partial charge in [-0.25, -0.2) is 23.6 Å². The van der Waals surface area contributed by atoms with E-state index in [2.05, 4.69) is 16.1 Å². The molecule has 2 bridgehead atoms. The fourth-order valence-corrected chi connectivity index (χ4v) is 7.40. The Kier molecular flexibility index (Phi) is 7.61. The van der Waals surface area contributed by atoms with E-state index in [-0.39, 0.29) is 41.5 Å². The number of carbonyl (C=O) groups is 2. The summed E-state index contributed by atoms with van der Waals surface area (Å²) in [5.74, 6) is -0.930. The number of likely N-dealkylation sites (N-methyl/N-ethyl adjacent to an activating group) is 1. The quantitative estimate of drug-likeness (QED) is 0.444. The van der Waals surface area contributed by atoms with Crippen LogP contribution in [0.3, 0.4) is 0 Å². The minimum absolute atomic E-state index is 0.0000775. The Morgan fingerprint density at radius 3 is 2.34 bits per heavy atom. The molecule has 7 nitrogen and oxygen atoms in total. The number of benzene rings is 1. The minimum Gasteiger partial charge on any atom is -0.484 e. The van der Waals surface area contributed by atoms with Crippen LogP contribution < -0.4 is 20.8 Å². The Labute approximate surface area is 226 Å². The maximum atomic E-state index is 13.9. The molecule has 210 valence electrons. The van der Waals surface area contributed by atoms with Gasteiger partial charge in [0.15, 0.2) is 6.61 Å². The predicted molar refractivity (Wildman–Crippen MR) is 136 cm³/mol. The van der Waals surface area contributed by atoms with E-state index >= 15 is 0 Å². The number of halogens is 4. The van der Waals surface area contributed by atoms with Gasteiger partial charge in [0.1, 0.15) is 17.1 Å². The van der Waals surface area contributed by atoms with E-state index in [1.807, 2.05) is 0 Å². The van der Waals surface area contributed by atoms with Crippen LogP contribution in [0.2, 0.25) is 5.02 Å². The maximum absolute atomic E-state index is 13.9. The summed E-state index contributed by atoms with van der Waals surface area (Å²) in [6, 6.07) is 2.93. The number of rotatable bonds is 8. The van der Waals surface area contributed by atoms with Gasteiger partial charge in [-0.1, -0.05) is 43.7 Å². The van der Waals surface area contributed by atoms with Gasteiger partial charge in [0.2, 0.25) is 5.91 Å². The number of hydrazine groups is 1. The molecular formula is C27H36ClF3N4O3. The van der Waals surface area contributed by atoms with E-state index < -0.39 is 34.9 Å². The summed E-state index contributed by atoms with van der Waals surface area (Å²) >= 11 is 5.67. The van der Waals surface area contributed by atoms with Crippen molar-refractivity contribution in [3.8, 4) is 5.75 Å². The van der Waals surface area contributed by atoms with Gasteiger partial charge in [0, 0.05) is 24.2 Å². The third-order valence-corrected chi connectivity index (χ3v) is 9.35. The number of nitrogens with one attached hydrogen (secondary N) is 3. The summed E-state index contributed by atoms with van der Waals surface area (Å²) in [6.45, 7) is -0.265. The lowest BCUT2D eigenvalue weighted by Crippen LogP contribution is -2.85. The molecule has 11 heteroatoms. The Hall–Kier alpha value is -2.04. The van der Waals surface area contributed by atoms with E-state index in [1.54, 1.807) is 12.1 Å². The molecule has 1 heterocycles. The van der Waals surface area contributed by atoms with Gasteiger partial charge in [-0.05, 0) is 56.6 Å². The molecule has 1 aliphatic heterocycles. The van der Waals surface area contributed by atoms with Crippen molar-refractivity contribution in [1.29, 1.82) is 0 Å². The Bertz CT molecular complexity index is 1050. The van der Waals surface area contributed by atoms with Gasteiger partial charge >= 0.3 is 0 Å². The van der Waals surface area contributed by atoms with E-state index in [1.165, 1.54) is 18.6 Å². The van der Waals surface area contributed by atoms with E-state index in [0.717, 1.165) is 44.6 Å². The van der Waals surface area contributed by atoms with Gasteiger partial charge in [-0.15, -0.1) is 0 Å². The van der Waals surface area contributed by atoms with Gasteiger partial charge < -0.3 is 15.4 Å². The fourth-order valence-electron chi connectivity index (χ4n) is 7.28. The number of hydrogen-bond donors (Lipinski definition) is 3. The van der Waals surface area contributed by atoms with Crippen molar-refractivity contribution in [2.45, 2.75) is 99.7 Å². The van der Waals surface area contributed by atoms with Crippen LogP contribution in [0.25, 0.3) is 0 Å². The molecular weight excluding hydrogens is 521 g/mol. The van der Waals surface area contributed by atoms with Crippen molar-refractivity contribution >= 4 is 23.4 Å². The van der Waals surface area contributed by atoms with Crippen molar-refractivity contribution in [3.63, 3.8) is 0 Å². The van der Waals surface area contributed by atoms with Crippen LogP contribution in [0.15, 0.2) is 18.2 Å². The normalized spacial score (nSPS) is 33.6. The Morgan fingerprint density at radius 1 is 1.11 bits per heavy atom. The van der Waals surface area contributed by atoms with Gasteiger partial charge in [-0.2, -0.15) is 0 Å². The molecule has 4 saturated carbocycles. The van der Waals surface area contributed by atoms with Crippen LogP contribution in [0.5, 0.6) is 5.75 Å². The SMILES string of the molecule is CN1NC(C(F)F)CC1(C(=O)NC12CC(NC(=O)COc3ccc(Cl)c(F)c3)(C1)C2)C1CCCCCCC1. The molecule has 2 amide bonds. The summed E-state index contributed by atoms with van der Waals surface area (Å²) in [6.07, 6.45) is 6.36. The summed E-state index contributed by atoms with van der Waals surface area (Å²) in [5.41, 5.74) is 1.03. The molecule has 4 aliphatic carbocycles. The Balaban J connectivity index is 1.19. The first-order valence-corrected chi connectivity index (χ1v) is 13.9. The smallest absolute Gasteiger partial charge is 0.258 e. The molecule has 0 spiro atoms. The van der Waals surface area contributed by atoms with Gasteiger partial charge in [0.25, 0.3) is 12.3 Å². The largest absolute Gasteiger partial charge is 0.484 e. The highest BCUT2D eigenvalue weighted by atomic mass is 35.5. The first-order valence-electron chi connectivity index (χ1n) is 13.6. The number of alkyl halides is 2. The van der Waals surface area contributed by atoms with Gasteiger partial charge in [-0.3, -0.25) is 9.59 Å². The number of nitrogens with zero attached hydrogens (tertiary/aromatic N) is 1. The average molecular weight is 557 g/mol. The van der Waals surface area contributed by atoms with Crippen LogP contribution in [0.1, 0.15) is 70.6 Å². The van der Waals surface area contributed by atoms with Crippen LogP contribution in [-0.4, -0.2) is 59.6 Å². The van der Waals surface area contributed by atoms with E-state index in [9.17, 15) is 22.8 Å². The van der Waals surface area contributed by atoms with Crippen molar-refractivity contribution in [1.82, 2.24) is 21.1 Å².